The van der Waals surface area contributed by atoms with Crippen molar-refractivity contribution in [2.75, 3.05) is 6.61 Å². The van der Waals surface area contributed by atoms with E-state index in [1.54, 1.807) is 0 Å². The average molecular weight is 283 g/mol. The maximum Gasteiger partial charge on any atom is 0.120 e. The van der Waals surface area contributed by atoms with Gasteiger partial charge in [-0.25, -0.2) is 0 Å². The van der Waals surface area contributed by atoms with E-state index in [0.717, 1.165) is 35.5 Å². The van der Waals surface area contributed by atoms with Crippen molar-refractivity contribution >= 4 is 0 Å². The van der Waals surface area contributed by atoms with Crippen LogP contribution in [0, 0.1) is 0 Å². The highest BCUT2D eigenvalue weighted by molar-refractivity contribution is 5.38. The van der Waals surface area contributed by atoms with Crippen LogP contribution >= 0.6 is 0 Å². The highest BCUT2D eigenvalue weighted by atomic mass is 16.5. The largest absolute Gasteiger partial charge is 0.494 e. The first-order chi connectivity index (χ1) is 10.3. The van der Waals surface area contributed by atoms with Crippen molar-refractivity contribution in [3.05, 3.63) is 59.7 Å². The zero-order valence-corrected chi connectivity index (χ0v) is 12.3. The molecular formula is C18H21NO2. The quantitative estimate of drug-likeness (QED) is 0.879. The van der Waals surface area contributed by atoms with Crippen LogP contribution in [0.4, 0.5) is 0 Å². The van der Waals surface area contributed by atoms with Gasteiger partial charge < -0.3 is 15.2 Å². The van der Waals surface area contributed by atoms with Crippen molar-refractivity contribution in [3.8, 4) is 11.5 Å². The van der Waals surface area contributed by atoms with Crippen molar-refractivity contribution in [3.63, 3.8) is 0 Å². The summed E-state index contributed by atoms with van der Waals surface area (Å²) in [5.74, 6) is 1.79. The van der Waals surface area contributed by atoms with Gasteiger partial charge in [0, 0.05) is 0 Å². The van der Waals surface area contributed by atoms with E-state index < -0.39 is 0 Å². The van der Waals surface area contributed by atoms with Crippen LogP contribution in [0.3, 0.4) is 0 Å². The van der Waals surface area contributed by atoms with Crippen LogP contribution < -0.4 is 15.2 Å². The van der Waals surface area contributed by atoms with Crippen molar-refractivity contribution in [2.45, 2.75) is 31.9 Å². The fourth-order valence-electron chi connectivity index (χ4n) is 2.29. The van der Waals surface area contributed by atoms with Crippen molar-refractivity contribution in [2.24, 2.45) is 5.73 Å². The molecule has 1 atom stereocenters. The predicted octanol–water partition coefficient (Wildman–Crippen LogP) is 3.67. The molecule has 110 valence electrons. The summed E-state index contributed by atoms with van der Waals surface area (Å²) in [7, 11) is 0. The number of hydrogen-bond acceptors (Lipinski definition) is 3. The van der Waals surface area contributed by atoms with Crippen LogP contribution in [0.5, 0.6) is 11.5 Å². The third-order valence-corrected chi connectivity index (χ3v) is 3.59. The Balaban J connectivity index is 1.75. The molecule has 1 saturated carbocycles. The molecule has 1 fully saturated rings. The first-order valence-corrected chi connectivity index (χ1v) is 7.51. The summed E-state index contributed by atoms with van der Waals surface area (Å²) < 4.78 is 11.3. The molecule has 1 unspecified atom stereocenters. The number of hydrogen-bond donors (Lipinski definition) is 1. The molecular weight excluding hydrogens is 262 g/mol. The van der Waals surface area contributed by atoms with Gasteiger partial charge in [0.2, 0.25) is 0 Å². The Labute approximate surface area is 125 Å². The van der Waals surface area contributed by atoms with E-state index in [1.165, 1.54) is 0 Å². The van der Waals surface area contributed by atoms with Crippen LogP contribution in [0.2, 0.25) is 0 Å². The van der Waals surface area contributed by atoms with E-state index in [2.05, 4.69) is 0 Å². The second kappa shape index (κ2) is 6.19. The van der Waals surface area contributed by atoms with Crippen LogP contribution in [-0.2, 0) is 0 Å². The molecule has 3 rings (SSSR count). The standard InChI is InChI=1S/C18H21NO2/c1-2-20-15-8-6-13(7-9-15)18(19)14-4-3-5-17(12-14)21-16-10-11-16/h3-9,12,16,18H,2,10-11,19H2,1H3. The highest BCUT2D eigenvalue weighted by Crippen LogP contribution is 2.29. The van der Waals surface area contributed by atoms with Crippen molar-refractivity contribution in [1.29, 1.82) is 0 Å². The summed E-state index contributed by atoms with van der Waals surface area (Å²) in [5, 5.41) is 0. The predicted molar refractivity (Wildman–Crippen MR) is 83.7 cm³/mol. The fraction of sp³-hybridized carbons (Fsp3) is 0.333. The maximum atomic E-state index is 6.36. The first-order valence-electron chi connectivity index (χ1n) is 7.51. The van der Waals surface area contributed by atoms with E-state index in [9.17, 15) is 0 Å². The molecule has 0 spiro atoms. The third kappa shape index (κ3) is 3.56. The van der Waals surface area contributed by atoms with Gasteiger partial charge in [-0.15, -0.1) is 0 Å². The zero-order chi connectivity index (χ0) is 14.7. The molecule has 0 radical (unpaired) electrons. The number of ether oxygens (including phenoxy) is 2. The Bertz CT molecular complexity index is 590. The molecule has 3 heteroatoms. The molecule has 2 N–H and O–H groups in total. The highest BCUT2D eigenvalue weighted by Gasteiger charge is 2.23. The lowest BCUT2D eigenvalue weighted by Gasteiger charge is -2.15. The minimum Gasteiger partial charge on any atom is -0.494 e. The second-order valence-corrected chi connectivity index (χ2v) is 5.37. The average Bonchev–Trinajstić information content (AvgIpc) is 3.32. The lowest BCUT2D eigenvalue weighted by Crippen LogP contribution is -2.12. The summed E-state index contributed by atoms with van der Waals surface area (Å²) in [6.07, 6.45) is 2.73. The molecule has 0 saturated heterocycles. The SMILES string of the molecule is CCOc1ccc(C(N)c2cccc(OC3CC3)c2)cc1. The van der Waals surface area contributed by atoms with E-state index >= 15 is 0 Å². The molecule has 0 amide bonds. The minimum atomic E-state index is -0.150. The van der Waals surface area contributed by atoms with Gasteiger partial charge in [-0.2, -0.15) is 0 Å². The van der Waals surface area contributed by atoms with Crippen LogP contribution in [0.15, 0.2) is 48.5 Å². The smallest absolute Gasteiger partial charge is 0.120 e. The van der Waals surface area contributed by atoms with E-state index in [4.69, 9.17) is 15.2 Å². The van der Waals surface area contributed by atoms with Gasteiger partial charge in [-0.3, -0.25) is 0 Å². The Morgan fingerprint density at radius 1 is 1.05 bits per heavy atom. The zero-order valence-electron chi connectivity index (χ0n) is 12.3. The molecule has 1 aliphatic rings. The number of benzene rings is 2. The monoisotopic (exact) mass is 283 g/mol. The van der Waals surface area contributed by atoms with Crippen LogP contribution in [0.1, 0.15) is 36.9 Å². The van der Waals surface area contributed by atoms with Gasteiger partial charge in [-0.05, 0) is 55.2 Å². The third-order valence-electron chi connectivity index (χ3n) is 3.59. The molecule has 0 heterocycles. The van der Waals surface area contributed by atoms with Gasteiger partial charge in [0.25, 0.3) is 0 Å². The van der Waals surface area contributed by atoms with Gasteiger partial charge in [-0.1, -0.05) is 24.3 Å². The first kappa shape index (κ1) is 14.0. The maximum absolute atomic E-state index is 6.36. The minimum absolute atomic E-state index is 0.150. The topological polar surface area (TPSA) is 44.5 Å². The summed E-state index contributed by atoms with van der Waals surface area (Å²) in [5.41, 5.74) is 8.50. The molecule has 0 aliphatic heterocycles. The molecule has 0 bridgehead atoms. The van der Waals surface area contributed by atoms with Crippen molar-refractivity contribution in [1.82, 2.24) is 0 Å². The Kier molecular flexibility index (Phi) is 4.11. The van der Waals surface area contributed by atoms with Gasteiger partial charge in [0.05, 0.1) is 18.8 Å². The molecule has 0 aromatic heterocycles. The van der Waals surface area contributed by atoms with Crippen LogP contribution in [-0.4, -0.2) is 12.7 Å². The Morgan fingerprint density at radius 2 is 1.81 bits per heavy atom. The Morgan fingerprint density at radius 3 is 2.48 bits per heavy atom. The number of nitrogens with two attached hydrogens (primary N) is 1. The van der Waals surface area contributed by atoms with Gasteiger partial charge in [0.15, 0.2) is 0 Å². The summed E-state index contributed by atoms with van der Waals surface area (Å²) >= 11 is 0. The molecule has 2 aromatic rings. The normalized spacial score (nSPS) is 15.5. The number of rotatable bonds is 6. The lowest BCUT2D eigenvalue weighted by molar-refractivity contribution is 0.303. The summed E-state index contributed by atoms with van der Waals surface area (Å²) in [6, 6.07) is 15.9. The Hall–Kier alpha value is -2.00. The summed E-state index contributed by atoms with van der Waals surface area (Å²) in [6.45, 7) is 2.65. The molecule has 1 aliphatic carbocycles. The summed E-state index contributed by atoms with van der Waals surface area (Å²) in [4.78, 5) is 0. The molecule has 21 heavy (non-hydrogen) atoms. The van der Waals surface area contributed by atoms with E-state index in [-0.39, 0.29) is 6.04 Å². The van der Waals surface area contributed by atoms with Gasteiger partial charge >= 0.3 is 0 Å². The van der Waals surface area contributed by atoms with Crippen LogP contribution in [0.25, 0.3) is 0 Å². The van der Waals surface area contributed by atoms with Crippen molar-refractivity contribution < 1.29 is 9.47 Å². The lowest BCUT2D eigenvalue weighted by atomic mass is 9.99. The second-order valence-electron chi connectivity index (χ2n) is 5.37. The van der Waals surface area contributed by atoms with E-state index in [1.807, 2.05) is 55.5 Å². The molecule has 3 nitrogen and oxygen atoms in total. The van der Waals surface area contributed by atoms with E-state index in [0.29, 0.717) is 12.7 Å². The fourth-order valence-corrected chi connectivity index (χ4v) is 2.29. The van der Waals surface area contributed by atoms with Gasteiger partial charge in [0.1, 0.15) is 11.5 Å². The molecule has 2 aromatic carbocycles.